The number of rotatable bonds is 6. The summed E-state index contributed by atoms with van der Waals surface area (Å²) in [7, 11) is 1.65. The van der Waals surface area contributed by atoms with E-state index in [1.807, 2.05) is 48.5 Å². The van der Waals surface area contributed by atoms with Gasteiger partial charge in [-0.15, -0.1) is 0 Å². The lowest BCUT2D eigenvalue weighted by Gasteiger charge is -2.04. The predicted octanol–water partition coefficient (Wildman–Crippen LogP) is 4.22. The smallest absolute Gasteiger partial charge is 0.272 e. The maximum Gasteiger partial charge on any atom is 0.272 e. The number of fused-ring (bicyclic) bond motifs is 1. The van der Waals surface area contributed by atoms with Gasteiger partial charge in [0.1, 0.15) is 5.75 Å². The van der Waals surface area contributed by atoms with Gasteiger partial charge in [-0.25, -0.2) is 0 Å². The first kappa shape index (κ1) is 18.5. The standard InChI is InChI=1S/C20H20N2O2S2/c1-24-16-9-10-17-18(14-16)26-20(22(17)12-13-25-2)21-19(23)11-8-15-6-4-3-5-7-15/h3-11,14H,12-13H2,1-2H3. The third kappa shape index (κ3) is 4.45. The van der Waals surface area contributed by atoms with Crippen molar-refractivity contribution in [1.82, 2.24) is 4.57 Å². The third-order valence-corrected chi connectivity index (χ3v) is 5.46. The van der Waals surface area contributed by atoms with Gasteiger partial charge in [-0.3, -0.25) is 4.79 Å². The second-order valence-electron chi connectivity index (χ2n) is 5.56. The van der Waals surface area contributed by atoms with Gasteiger partial charge < -0.3 is 9.30 Å². The van der Waals surface area contributed by atoms with E-state index in [2.05, 4.69) is 15.8 Å². The Bertz CT molecular complexity index is 988. The summed E-state index contributed by atoms with van der Waals surface area (Å²) >= 11 is 3.28. The molecule has 1 amide bonds. The molecule has 4 nitrogen and oxygen atoms in total. The molecule has 3 aromatic rings. The number of nitrogens with zero attached hydrogens (tertiary/aromatic N) is 2. The fraction of sp³-hybridized carbons (Fsp3) is 0.200. The van der Waals surface area contributed by atoms with Crippen LogP contribution in [-0.2, 0) is 11.3 Å². The summed E-state index contributed by atoms with van der Waals surface area (Å²) in [6, 6.07) is 15.7. The van der Waals surface area contributed by atoms with Crippen LogP contribution in [-0.4, -0.2) is 29.6 Å². The molecule has 26 heavy (non-hydrogen) atoms. The van der Waals surface area contributed by atoms with Crippen molar-refractivity contribution in [1.29, 1.82) is 0 Å². The number of ether oxygens (including phenoxy) is 1. The molecule has 0 aliphatic heterocycles. The first-order valence-electron chi connectivity index (χ1n) is 8.19. The average molecular weight is 385 g/mol. The lowest BCUT2D eigenvalue weighted by molar-refractivity contribution is -0.113. The van der Waals surface area contributed by atoms with Crippen LogP contribution in [0.2, 0.25) is 0 Å². The fourth-order valence-electron chi connectivity index (χ4n) is 2.53. The molecule has 0 spiro atoms. The zero-order chi connectivity index (χ0) is 18.4. The Morgan fingerprint density at radius 2 is 2.08 bits per heavy atom. The number of benzene rings is 2. The van der Waals surface area contributed by atoms with Crippen LogP contribution >= 0.6 is 23.1 Å². The van der Waals surface area contributed by atoms with Crippen molar-refractivity contribution in [2.24, 2.45) is 4.99 Å². The average Bonchev–Trinajstić information content (AvgIpc) is 3.01. The highest BCUT2D eigenvalue weighted by Crippen LogP contribution is 2.23. The fourth-order valence-corrected chi connectivity index (χ4v) is 3.98. The number of aromatic nitrogens is 1. The molecule has 1 aromatic heterocycles. The van der Waals surface area contributed by atoms with Gasteiger partial charge in [0, 0.05) is 18.4 Å². The molecule has 3 rings (SSSR count). The summed E-state index contributed by atoms with van der Waals surface area (Å²) < 4.78 is 8.47. The van der Waals surface area contributed by atoms with Crippen LogP contribution in [0.5, 0.6) is 5.75 Å². The molecule has 1 heterocycles. The van der Waals surface area contributed by atoms with Crippen LogP contribution in [0, 0.1) is 0 Å². The largest absolute Gasteiger partial charge is 0.497 e. The Morgan fingerprint density at radius 1 is 1.27 bits per heavy atom. The zero-order valence-electron chi connectivity index (χ0n) is 14.7. The van der Waals surface area contributed by atoms with Crippen LogP contribution in [0.3, 0.4) is 0 Å². The summed E-state index contributed by atoms with van der Waals surface area (Å²) in [6.07, 6.45) is 5.37. The second kappa shape index (κ2) is 8.87. The van der Waals surface area contributed by atoms with E-state index in [-0.39, 0.29) is 5.91 Å². The predicted molar refractivity (Wildman–Crippen MR) is 111 cm³/mol. The molecule has 2 aromatic carbocycles. The van der Waals surface area contributed by atoms with E-state index in [1.165, 1.54) is 17.4 Å². The molecule has 0 aliphatic rings. The molecule has 0 unspecified atom stereocenters. The van der Waals surface area contributed by atoms with Crippen molar-refractivity contribution in [2.75, 3.05) is 19.1 Å². The minimum atomic E-state index is -0.259. The van der Waals surface area contributed by atoms with E-state index in [0.29, 0.717) is 4.80 Å². The highest BCUT2D eigenvalue weighted by atomic mass is 32.2. The number of methoxy groups -OCH3 is 1. The van der Waals surface area contributed by atoms with Gasteiger partial charge in [-0.2, -0.15) is 16.8 Å². The lowest BCUT2D eigenvalue weighted by atomic mass is 10.2. The Kier molecular flexibility index (Phi) is 6.30. The van der Waals surface area contributed by atoms with E-state index in [4.69, 9.17) is 4.74 Å². The quantitative estimate of drug-likeness (QED) is 0.598. The van der Waals surface area contributed by atoms with Crippen molar-refractivity contribution in [2.45, 2.75) is 6.54 Å². The van der Waals surface area contributed by atoms with Crippen molar-refractivity contribution in [3.05, 3.63) is 65.0 Å². The summed E-state index contributed by atoms with van der Waals surface area (Å²) in [4.78, 5) is 17.4. The first-order chi connectivity index (χ1) is 12.7. The van der Waals surface area contributed by atoms with Crippen LogP contribution in [0.4, 0.5) is 0 Å². The molecule has 0 saturated heterocycles. The Labute approximate surface area is 160 Å². The SMILES string of the molecule is COc1ccc2c(c1)sc(=NC(=O)C=Cc1ccccc1)n2CCSC. The highest BCUT2D eigenvalue weighted by molar-refractivity contribution is 7.98. The topological polar surface area (TPSA) is 43.6 Å². The minimum Gasteiger partial charge on any atom is -0.497 e. The molecule has 0 fully saturated rings. The summed E-state index contributed by atoms with van der Waals surface area (Å²) in [6.45, 7) is 0.808. The second-order valence-corrected chi connectivity index (χ2v) is 7.55. The third-order valence-electron chi connectivity index (χ3n) is 3.83. The monoisotopic (exact) mass is 384 g/mol. The number of hydrogen-bond donors (Lipinski definition) is 0. The Morgan fingerprint density at radius 3 is 2.81 bits per heavy atom. The van der Waals surface area contributed by atoms with Crippen molar-refractivity contribution < 1.29 is 9.53 Å². The zero-order valence-corrected chi connectivity index (χ0v) is 16.3. The van der Waals surface area contributed by atoms with E-state index in [0.717, 1.165) is 33.8 Å². The normalized spacial score (nSPS) is 12.2. The molecule has 0 N–H and O–H groups in total. The number of thiazole rings is 1. The number of amides is 1. The van der Waals surface area contributed by atoms with Gasteiger partial charge >= 0.3 is 0 Å². The van der Waals surface area contributed by atoms with Gasteiger partial charge in [-0.05, 0) is 36.1 Å². The molecule has 6 heteroatoms. The van der Waals surface area contributed by atoms with Gasteiger partial charge in [0.15, 0.2) is 4.80 Å². The maximum absolute atomic E-state index is 12.3. The number of hydrogen-bond acceptors (Lipinski definition) is 4. The molecule has 0 saturated carbocycles. The Balaban J connectivity index is 1.97. The van der Waals surface area contributed by atoms with Crippen LogP contribution in [0.15, 0.2) is 59.6 Å². The van der Waals surface area contributed by atoms with Crippen LogP contribution in [0.1, 0.15) is 5.56 Å². The van der Waals surface area contributed by atoms with Gasteiger partial charge in [-0.1, -0.05) is 41.7 Å². The number of carbonyl (C=O) groups excluding carboxylic acids is 1. The number of carbonyl (C=O) groups is 1. The van der Waals surface area contributed by atoms with Crippen LogP contribution < -0.4 is 9.54 Å². The molecular weight excluding hydrogens is 364 g/mol. The first-order valence-corrected chi connectivity index (χ1v) is 10.4. The van der Waals surface area contributed by atoms with Crippen molar-refractivity contribution in [3.63, 3.8) is 0 Å². The maximum atomic E-state index is 12.3. The van der Waals surface area contributed by atoms with E-state index in [9.17, 15) is 4.79 Å². The van der Waals surface area contributed by atoms with E-state index >= 15 is 0 Å². The van der Waals surface area contributed by atoms with E-state index < -0.39 is 0 Å². The summed E-state index contributed by atoms with van der Waals surface area (Å²) in [5, 5.41) is 0. The number of aryl methyl sites for hydroxylation is 1. The Hall–Kier alpha value is -2.31. The minimum absolute atomic E-state index is 0.259. The number of thioether (sulfide) groups is 1. The molecule has 0 atom stereocenters. The molecule has 0 radical (unpaired) electrons. The molecule has 0 aliphatic carbocycles. The highest BCUT2D eigenvalue weighted by Gasteiger charge is 2.08. The lowest BCUT2D eigenvalue weighted by Crippen LogP contribution is -2.17. The van der Waals surface area contributed by atoms with Gasteiger partial charge in [0.05, 0.1) is 17.3 Å². The summed E-state index contributed by atoms with van der Waals surface area (Å²) in [5.74, 6) is 1.50. The van der Waals surface area contributed by atoms with Crippen LogP contribution in [0.25, 0.3) is 16.3 Å². The van der Waals surface area contributed by atoms with Crippen molar-refractivity contribution in [3.8, 4) is 5.75 Å². The summed E-state index contributed by atoms with van der Waals surface area (Å²) in [5.41, 5.74) is 2.05. The molecule has 134 valence electrons. The van der Waals surface area contributed by atoms with Gasteiger partial charge in [0.2, 0.25) is 0 Å². The van der Waals surface area contributed by atoms with E-state index in [1.54, 1.807) is 24.9 Å². The molecule has 0 bridgehead atoms. The van der Waals surface area contributed by atoms with Crippen molar-refractivity contribution >= 4 is 45.3 Å². The molecular formula is C20H20N2O2S2. The van der Waals surface area contributed by atoms with Gasteiger partial charge in [0.25, 0.3) is 5.91 Å².